The van der Waals surface area contributed by atoms with Crippen LogP contribution in [0.25, 0.3) is 0 Å². The number of rotatable bonds is 9. The molecule has 0 unspecified atom stereocenters. The van der Waals surface area contributed by atoms with Crippen LogP contribution >= 0.6 is 0 Å². The van der Waals surface area contributed by atoms with Gasteiger partial charge >= 0.3 is 0 Å². The molecule has 0 aliphatic rings. The molecule has 0 heterocycles. The van der Waals surface area contributed by atoms with E-state index in [0.29, 0.717) is 24.7 Å². The van der Waals surface area contributed by atoms with Crippen LogP contribution in [-0.4, -0.2) is 61.6 Å². The third-order valence-corrected chi connectivity index (χ3v) is 5.22. The van der Waals surface area contributed by atoms with Gasteiger partial charge in [-0.1, -0.05) is 0 Å². The predicted molar refractivity (Wildman–Crippen MR) is 91.6 cm³/mol. The molecule has 9 heteroatoms. The number of sulfonamides is 1. The Morgan fingerprint density at radius 3 is 2.25 bits per heavy atom. The molecular weight excluding hydrogens is 336 g/mol. The molecule has 1 amide bonds. The summed E-state index contributed by atoms with van der Waals surface area (Å²) >= 11 is 0. The average molecular weight is 360 g/mol. The van der Waals surface area contributed by atoms with E-state index in [0.717, 1.165) is 4.31 Å². The lowest BCUT2D eigenvalue weighted by Crippen LogP contribution is -2.32. The van der Waals surface area contributed by atoms with Crippen molar-refractivity contribution < 1.29 is 27.4 Å². The summed E-state index contributed by atoms with van der Waals surface area (Å²) in [6.45, 7) is 2.18. The number of nitrogens with one attached hydrogen (secondary N) is 1. The number of carbonyl (C=O) groups excluding carboxylic acids is 1. The fourth-order valence-electron chi connectivity index (χ4n) is 2.02. The molecular formula is C15H24N2O6S. The van der Waals surface area contributed by atoms with E-state index in [1.807, 2.05) is 0 Å². The molecule has 0 fully saturated rings. The molecule has 0 saturated heterocycles. The van der Waals surface area contributed by atoms with Gasteiger partial charge in [0.15, 0.2) is 11.5 Å². The Balaban J connectivity index is 3.39. The molecule has 136 valence electrons. The van der Waals surface area contributed by atoms with Crippen LogP contribution < -0.4 is 19.1 Å². The summed E-state index contributed by atoms with van der Waals surface area (Å²) in [6, 6.07) is 2.93. The SMILES string of the molecule is CCS(=O)(=O)N(C)c1cc(OC)c(OC)cc1C(=O)NCCOC. The van der Waals surface area contributed by atoms with Crippen molar-refractivity contribution in [2.24, 2.45) is 0 Å². The van der Waals surface area contributed by atoms with E-state index in [-0.39, 0.29) is 17.0 Å². The predicted octanol–water partition coefficient (Wildman–Crippen LogP) is 0.866. The second-order valence-electron chi connectivity index (χ2n) is 4.84. The van der Waals surface area contributed by atoms with Crippen molar-refractivity contribution in [3.05, 3.63) is 17.7 Å². The van der Waals surface area contributed by atoms with Crippen LogP contribution in [-0.2, 0) is 14.8 Å². The summed E-state index contributed by atoms with van der Waals surface area (Å²) in [5.74, 6) is 0.142. The zero-order valence-corrected chi connectivity index (χ0v) is 15.4. The van der Waals surface area contributed by atoms with Crippen molar-refractivity contribution in [2.75, 3.05) is 51.6 Å². The molecule has 1 N–H and O–H groups in total. The summed E-state index contributed by atoms with van der Waals surface area (Å²) in [5, 5.41) is 2.67. The number of amides is 1. The van der Waals surface area contributed by atoms with E-state index >= 15 is 0 Å². The van der Waals surface area contributed by atoms with Gasteiger partial charge in [-0.05, 0) is 13.0 Å². The average Bonchev–Trinajstić information content (AvgIpc) is 2.59. The van der Waals surface area contributed by atoms with E-state index in [1.165, 1.54) is 47.4 Å². The number of benzene rings is 1. The molecule has 1 aromatic rings. The Hall–Kier alpha value is -2.00. The Morgan fingerprint density at radius 2 is 1.75 bits per heavy atom. The molecule has 0 aliphatic heterocycles. The van der Waals surface area contributed by atoms with Crippen molar-refractivity contribution in [3.8, 4) is 11.5 Å². The summed E-state index contributed by atoms with van der Waals surface area (Å²) < 4.78 is 40.8. The Morgan fingerprint density at radius 1 is 1.17 bits per heavy atom. The third-order valence-electron chi connectivity index (χ3n) is 3.46. The maximum atomic E-state index is 12.4. The molecule has 8 nitrogen and oxygen atoms in total. The van der Waals surface area contributed by atoms with Gasteiger partial charge in [0.2, 0.25) is 10.0 Å². The number of methoxy groups -OCH3 is 3. The molecule has 0 saturated carbocycles. The molecule has 24 heavy (non-hydrogen) atoms. The number of anilines is 1. The smallest absolute Gasteiger partial charge is 0.253 e. The quantitative estimate of drug-likeness (QED) is 0.657. The van der Waals surface area contributed by atoms with Gasteiger partial charge in [0.05, 0.1) is 37.8 Å². The van der Waals surface area contributed by atoms with E-state index in [2.05, 4.69) is 5.32 Å². The zero-order chi connectivity index (χ0) is 18.3. The van der Waals surface area contributed by atoms with Crippen LogP contribution in [0.4, 0.5) is 5.69 Å². The Kier molecular flexibility index (Phi) is 7.30. The van der Waals surface area contributed by atoms with Crippen LogP contribution in [0.15, 0.2) is 12.1 Å². The molecule has 1 rings (SSSR count). The summed E-state index contributed by atoms with van der Waals surface area (Å²) in [4.78, 5) is 12.4. The third kappa shape index (κ3) is 4.51. The first-order valence-electron chi connectivity index (χ1n) is 7.32. The Bertz CT molecular complexity index is 675. The molecule has 0 aliphatic carbocycles. The van der Waals surface area contributed by atoms with Gasteiger partial charge in [0.25, 0.3) is 5.91 Å². The lowest BCUT2D eigenvalue weighted by molar-refractivity contribution is 0.0937. The number of ether oxygens (including phenoxy) is 3. The fraction of sp³-hybridized carbons (Fsp3) is 0.533. The van der Waals surface area contributed by atoms with E-state index in [9.17, 15) is 13.2 Å². The van der Waals surface area contributed by atoms with Crippen LogP contribution in [0, 0.1) is 0 Å². The standard InChI is InChI=1S/C15H24N2O6S/c1-6-24(19,20)17(2)12-10-14(23-5)13(22-4)9-11(12)15(18)16-7-8-21-3/h9-10H,6-8H2,1-5H3,(H,16,18). The molecule has 0 bridgehead atoms. The maximum Gasteiger partial charge on any atom is 0.253 e. The minimum absolute atomic E-state index is 0.0947. The molecule has 0 aromatic heterocycles. The normalized spacial score (nSPS) is 11.0. The fourth-order valence-corrected chi connectivity index (χ4v) is 2.85. The van der Waals surface area contributed by atoms with Crippen molar-refractivity contribution in [3.63, 3.8) is 0 Å². The minimum atomic E-state index is -3.54. The van der Waals surface area contributed by atoms with Crippen molar-refractivity contribution >= 4 is 21.6 Å². The first kappa shape index (κ1) is 20.0. The van der Waals surface area contributed by atoms with Crippen LogP contribution in [0.1, 0.15) is 17.3 Å². The number of carbonyl (C=O) groups is 1. The van der Waals surface area contributed by atoms with Crippen LogP contribution in [0.5, 0.6) is 11.5 Å². The van der Waals surface area contributed by atoms with Gasteiger partial charge in [-0.2, -0.15) is 0 Å². The minimum Gasteiger partial charge on any atom is -0.493 e. The van der Waals surface area contributed by atoms with Gasteiger partial charge in [-0.3, -0.25) is 9.10 Å². The first-order valence-corrected chi connectivity index (χ1v) is 8.93. The van der Waals surface area contributed by atoms with Crippen LogP contribution in [0.2, 0.25) is 0 Å². The van der Waals surface area contributed by atoms with Crippen LogP contribution in [0.3, 0.4) is 0 Å². The van der Waals surface area contributed by atoms with E-state index in [1.54, 1.807) is 0 Å². The number of hydrogen-bond donors (Lipinski definition) is 1. The number of hydrogen-bond acceptors (Lipinski definition) is 6. The van der Waals surface area contributed by atoms with Gasteiger partial charge in [0, 0.05) is 26.8 Å². The topological polar surface area (TPSA) is 94.2 Å². The second kappa shape index (κ2) is 8.74. The summed E-state index contributed by atoms with van der Waals surface area (Å²) in [6.07, 6.45) is 0. The van der Waals surface area contributed by atoms with E-state index in [4.69, 9.17) is 14.2 Å². The molecule has 0 spiro atoms. The van der Waals surface area contributed by atoms with Gasteiger partial charge < -0.3 is 19.5 Å². The van der Waals surface area contributed by atoms with Crippen molar-refractivity contribution in [2.45, 2.75) is 6.92 Å². The largest absolute Gasteiger partial charge is 0.493 e. The van der Waals surface area contributed by atoms with Crippen molar-refractivity contribution in [1.82, 2.24) is 5.32 Å². The number of nitrogens with zero attached hydrogens (tertiary/aromatic N) is 1. The monoisotopic (exact) mass is 360 g/mol. The molecule has 1 aromatic carbocycles. The van der Waals surface area contributed by atoms with Gasteiger partial charge in [0.1, 0.15) is 0 Å². The highest BCUT2D eigenvalue weighted by Crippen LogP contribution is 2.35. The van der Waals surface area contributed by atoms with E-state index < -0.39 is 15.9 Å². The lowest BCUT2D eigenvalue weighted by Gasteiger charge is -2.23. The first-order chi connectivity index (χ1) is 11.3. The van der Waals surface area contributed by atoms with Gasteiger partial charge in [-0.15, -0.1) is 0 Å². The Labute approximate surface area is 142 Å². The van der Waals surface area contributed by atoms with Crippen molar-refractivity contribution in [1.29, 1.82) is 0 Å². The second-order valence-corrected chi connectivity index (χ2v) is 7.13. The highest BCUT2D eigenvalue weighted by atomic mass is 32.2. The maximum absolute atomic E-state index is 12.4. The molecule has 0 atom stereocenters. The summed E-state index contributed by atoms with van der Waals surface area (Å²) in [7, 11) is 2.25. The highest BCUT2D eigenvalue weighted by molar-refractivity contribution is 7.92. The molecule has 0 radical (unpaired) electrons. The zero-order valence-electron chi connectivity index (χ0n) is 14.6. The lowest BCUT2D eigenvalue weighted by atomic mass is 10.1. The summed E-state index contributed by atoms with van der Waals surface area (Å²) in [5.41, 5.74) is 0.382. The highest BCUT2D eigenvalue weighted by Gasteiger charge is 2.24. The van der Waals surface area contributed by atoms with Gasteiger partial charge in [-0.25, -0.2) is 8.42 Å².